The second-order valence-electron chi connectivity index (χ2n) is 7.52. The summed E-state index contributed by atoms with van der Waals surface area (Å²) in [4.78, 5) is 13.8. The Morgan fingerprint density at radius 2 is 1.91 bits per heavy atom. The van der Waals surface area contributed by atoms with E-state index in [2.05, 4.69) is 17.4 Å². The van der Waals surface area contributed by atoms with E-state index in [1.807, 2.05) is 32.9 Å². The number of hydrogen-bond donors (Lipinski definition) is 1. The van der Waals surface area contributed by atoms with E-state index in [0.717, 1.165) is 23.7 Å². The molecule has 1 aromatic carbocycles. The van der Waals surface area contributed by atoms with E-state index in [-0.39, 0.29) is 6.09 Å². The van der Waals surface area contributed by atoms with Gasteiger partial charge in [-0.2, -0.15) is 0 Å². The topological polar surface area (TPSA) is 41.6 Å². The maximum absolute atomic E-state index is 12.1. The monoisotopic (exact) mass is 318 g/mol. The van der Waals surface area contributed by atoms with Gasteiger partial charge in [-0.1, -0.05) is 31.0 Å². The van der Waals surface area contributed by atoms with E-state index in [1.165, 1.54) is 25.7 Å². The molecule has 1 aliphatic rings. The quantitative estimate of drug-likeness (QED) is 0.859. The Hall–Kier alpha value is -1.71. The first-order valence-corrected chi connectivity index (χ1v) is 8.61. The fraction of sp³-hybridized carbons (Fsp3) is 0.632. The van der Waals surface area contributed by atoms with Gasteiger partial charge in [0.25, 0.3) is 0 Å². The molecule has 2 rings (SSSR count). The van der Waals surface area contributed by atoms with Crippen molar-refractivity contribution < 1.29 is 9.53 Å². The van der Waals surface area contributed by atoms with Crippen LogP contribution >= 0.6 is 0 Å². The van der Waals surface area contributed by atoms with Gasteiger partial charge in [-0.05, 0) is 51.2 Å². The summed E-state index contributed by atoms with van der Waals surface area (Å²) in [6, 6.07) is 8.21. The molecule has 0 heterocycles. The molecule has 0 spiro atoms. The van der Waals surface area contributed by atoms with Crippen molar-refractivity contribution in [3.63, 3.8) is 0 Å². The number of nitrogens with zero attached hydrogens (tertiary/aromatic N) is 1. The zero-order valence-corrected chi connectivity index (χ0v) is 14.9. The Bertz CT molecular complexity index is 516. The SMILES string of the molecule is CN(Cc1ccccc1NCC1CCCC1)C(=O)OC(C)(C)C. The van der Waals surface area contributed by atoms with Gasteiger partial charge in [-0.3, -0.25) is 0 Å². The van der Waals surface area contributed by atoms with E-state index >= 15 is 0 Å². The molecule has 1 aromatic rings. The molecule has 0 bridgehead atoms. The van der Waals surface area contributed by atoms with E-state index in [0.29, 0.717) is 6.54 Å². The minimum Gasteiger partial charge on any atom is -0.444 e. The summed E-state index contributed by atoms with van der Waals surface area (Å²) in [6.07, 6.45) is 5.08. The zero-order chi connectivity index (χ0) is 16.9. The molecular formula is C19H30N2O2. The average molecular weight is 318 g/mol. The number of hydrogen-bond acceptors (Lipinski definition) is 3. The van der Waals surface area contributed by atoms with E-state index in [1.54, 1.807) is 11.9 Å². The van der Waals surface area contributed by atoms with Gasteiger partial charge in [0.2, 0.25) is 0 Å². The Balaban J connectivity index is 1.94. The van der Waals surface area contributed by atoms with E-state index < -0.39 is 5.60 Å². The highest BCUT2D eigenvalue weighted by atomic mass is 16.6. The van der Waals surface area contributed by atoms with Crippen LogP contribution in [0.2, 0.25) is 0 Å². The standard InChI is InChI=1S/C19H30N2O2/c1-19(2,3)23-18(22)21(4)14-16-11-7-8-12-17(16)20-13-15-9-5-6-10-15/h7-8,11-12,15,20H,5-6,9-10,13-14H2,1-4H3. The maximum Gasteiger partial charge on any atom is 0.410 e. The molecule has 1 amide bonds. The summed E-state index contributed by atoms with van der Waals surface area (Å²) < 4.78 is 5.42. The number of rotatable bonds is 5. The highest BCUT2D eigenvalue weighted by Crippen LogP contribution is 2.26. The lowest BCUT2D eigenvalue weighted by Crippen LogP contribution is -2.34. The third-order valence-electron chi connectivity index (χ3n) is 4.19. The summed E-state index contributed by atoms with van der Waals surface area (Å²) in [5.41, 5.74) is 1.78. The van der Waals surface area contributed by atoms with Crippen LogP contribution in [-0.2, 0) is 11.3 Å². The number of benzene rings is 1. The zero-order valence-electron chi connectivity index (χ0n) is 14.9. The summed E-state index contributed by atoms with van der Waals surface area (Å²) in [6.45, 7) is 7.22. The summed E-state index contributed by atoms with van der Waals surface area (Å²) in [7, 11) is 1.78. The molecule has 0 atom stereocenters. The van der Waals surface area contributed by atoms with Crippen molar-refractivity contribution in [1.82, 2.24) is 4.90 Å². The van der Waals surface area contributed by atoms with Crippen molar-refractivity contribution in [3.8, 4) is 0 Å². The number of anilines is 1. The Morgan fingerprint density at radius 1 is 1.26 bits per heavy atom. The fourth-order valence-corrected chi connectivity index (χ4v) is 2.96. The largest absolute Gasteiger partial charge is 0.444 e. The first-order chi connectivity index (χ1) is 10.8. The van der Waals surface area contributed by atoms with Gasteiger partial charge in [0.05, 0.1) is 6.54 Å². The molecule has 0 unspecified atom stereocenters. The van der Waals surface area contributed by atoms with Crippen molar-refractivity contribution in [2.24, 2.45) is 5.92 Å². The van der Waals surface area contributed by atoms with Crippen LogP contribution in [-0.4, -0.2) is 30.2 Å². The Morgan fingerprint density at radius 3 is 2.57 bits per heavy atom. The van der Waals surface area contributed by atoms with Crippen molar-refractivity contribution in [2.75, 3.05) is 18.9 Å². The van der Waals surface area contributed by atoms with Crippen LogP contribution in [0.1, 0.15) is 52.0 Å². The third kappa shape index (κ3) is 5.77. The molecule has 0 radical (unpaired) electrons. The number of nitrogens with one attached hydrogen (secondary N) is 1. The fourth-order valence-electron chi connectivity index (χ4n) is 2.96. The number of carbonyl (C=O) groups excluding carboxylic acids is 1. The van der Waals surface area contributed by atoms with Gasteiger partial charge in [0.1, 0.15) is 5.60 Å². The molecule has 23 heavy (non-hydrogen) atoms. The minimum absolute atomic E-state index is 0.289. The van der Waals surface area contributed by atoms with Gasteiger partial charge in [0.15, 0.2) is 0 Å². The van der Waals surface area contributed by atoms with Crippen molar-refractivity contribution in [3.05, 3.63) is 29.8 Å². The predicted octanol–water partition coefficient (Wildman–Crippen LogP) is 4.66. The number of carbonyl (C=O) groups is 1. The molecule has 1 aliphatic carbocycles. The van der Waals surface area contributed by atoms with Crippen LogP contribution in [0.4, 0.5) is 10.5 Å². The van der Waals surface area contributed by atoms with Crippen LogP contribution in [0.15, 0.2) is 24.3 Å². The van der Waals surface area contributed by atoms with Crippen LogP contribution in [0.25, 0.3) is 0 Å². The smallest absolute Gasteiger partial charge is 0.410 e. The highest BCUT2D eigenvalue weighted by Gasteiger charge is 2.20. The van der Waals surface area contributed by atoms with Crippen LogP contribution in [0, 0.1) is 5.92 Å². The first-order valence-electron chi connectivity index (χ1n) is 8.61. The van der Waals surface area contributed by atoms with Gasteiger partial charge in [0, 0.05) is 19.3 Å². The lowest BCUT2D eigenvalue weighted by molar-refractivity contribution is 0.0285. The molecule has 1 N–H and O–H groups in total. The summed E-state index contributed by atoms with van der Waals surface area (Å²) in [5, 5.41) is 3.57. The number of para-hydroxylation sites is 1. The molecule has 4 heteroatoms. The predicted molar refractivity (Wildman–Crippen MR) is 94.6 cm³/mol. The van der Waals surface area contributed by atoms with Gasteiger partial charge in [-0.15, -0.1) is 0 Å². The lowest BCUT2D eigenvalue weighted by Gasteiger charge is -2.25. The van der Waals surface area contributed by atoms with E-state index in [9.17, 15) is 4.79 Å². The Labute approximate surface area is 140 Å². The second kappa shape index (κ2) is 7.71. The molecule has 0 aliphatic heterocycles. The van der Waals surface area contributed by atoms with Crippen LogP contribution < -0.4 is 5.32 Å². The molecule has 4 nitrogen and oxygen atoms in total. The highest BCUT2D eigenvalue weighted by molar-refractivity contribution is 5.68. The molecule has 0 saturated heterocycles. The molecular weight excluding hydrogens is 288 g/mol. The van der Waals surface area contributed by atoms with Gasteiger partial charge < -0.3 is 15.0 Å². The normalized spacial score (nSPS) is 15.5. The van der Waals surface area contributed by atoms with E-state index in [4.69, 9.17) is 4.74 Å². The van der Waals surface area contributed by atoms with Gasteiger partial charge in [-0.25, -0.2) is 4.79 Å². The third-order valence-corrected chi connectivity index (χ3v) is 4.19. The van der Waals surface area contributed by atoms with Crippen molar-refractivity contribution >= 4 is 11.8 Å². The van der Waals surface area contributed by atoms with Crippen LogP contribution in [0.5, 0.6) is 0 Å². The number of ether oxygens (including phenoxy) is 1. The second-order valence-corrected chi connectivity index (χ2v) is 7.52. The van der Waals surface area contributed by atoms with Crippen molar-refractivity contribution in [1.29, 1.82) is 0 Å². The summed E-state index contributed by atoms with van der Waals surface area (Å²) in [5.74, 6) is 0.784. The minimum atomic E-state index is -0.467. The lowest BCUT2D eigenvalue weighted by atomic mass is 10.1. The molecule has 0 aromatic heterocycles. The first kappa shape index (κ1) is 17.6. The molecule has 128 valence electrons. The van der Waals surface area contributed by atoms with Gasteiger partial charge >= 0.3 is 6.09 Å². The molecule has 1 fully saturated rings. The van der Waals surface area contributed by atoms with Crippen molar-refractivity contribution in [2.45, 2.75) is 58.6 Å². The average Bonchev–Trinajstić information content (AvgIpc) is 2.98. The van der Waals surface area contributed by atoms with Crippen LogP contribution in [0.3, 0.4) is 0 Å². The Kier molecular flexibility index (Phi) is 5.91. The molecule has 1 saturated carbocycles. The maximum atomic E-state index is 12.1. The summed E-state index contributed by atoms with van der Waals surface area (Å²) >= 11 is 0. The number of amides is 1.